The van der Waals surface area contributed by atoms with Crippen molar-refractivity contribution in [3.8, 4) is 0 Å². The number of alkyl carbamates (subject to hydrolysis) is 1. The van der Waals surface area contributed by atoms with E-state index in [1.54, 1.807) is 13.8 Å². The highest BCUT2D eigenvalue weighted by atomic mass is 31.2. The minimum absolute atomic E-state index is 0.136. The first-order valence-corrected chi connectivity index (χ1v) is 11.2. The van der Waals surface area contributed by atoms with Crippen LogP contribution < -0.4 is 5.32 Å². The van der Waals surface area contributed by atoms with E-state index in [9.17, 15) is 9.36 Å². The summed E-state index contributed by atoms with van der Waals surface area (Å²) in [6.07, 6.45) is 6.64. The summed E-state index contributed by atoms with van der Waals surface area (Å²) in [4.78, 5) is 12.3. The molecule has 7 heteroatoms. The highest BCUT2D eigenvalue weighted by molar-refractivity contribution is 7.58. The second kappa shape index (κ2) is 11.3. The lowest BCUT2D eigenvalue weighted by Crippen LogP contribution is -2.25. The molecule has 0 spiro atoms. The normalized spacial score (nSPS) is 16.1. The number of allylic oxidation sites excluding steroid dienone is 1. The molecule has 0 aromatic heterocycles. The standard InChI is InChI=1S/C20H30NO5P/c1-3-25-27(23,26-4-2)19(15-17-11-7-5-8-12-17)21-20(22)24-16-18-13-9-6-10-14-18/h6,9-10,13-15,17H,3-5,7-8,11-12,16H2,1-2H3,(H,21,22)/b19-15+. The van der Waals surface area contributed by atoms with E-state index in [1.807, 2.05) is 36.4 Å². The van der Waals surface area contributed by atoms with Gasteiger partial charge >= 0.3 is 13.7 Å². The van der Waals surface area contributed by atoms with Crippen LogP contribution in [-0.4, -0.2) is 19.3 Å². The molecule has 1 amide bonds. The number of nitrogens with one attached hydrogen (secondary N) is 1. The largest absolute Gasteiger partial charge is 0.444 e. The van der Waals surface area contributed by atoms with Gasteiger partial charge in [-0.05, 0) is 44.2 Å². The van der Waals surface area contributed by atoms with Gasteiger partial charge in [0.2, 0.25) is 0 Å². The van der Waals surface area contributed by atoms with Crippen LogP contribution >= 0.6 is 7.60 Å². The van der Waals surface area contributed by atoms with Gasteiger partial charge in [-0.3, -0.25) is 9.88 Å². The summed E-state index contributed by atoms with van der Waals surface area (Å²) >= 11 is 0. The van der Waals surface area contributed by atoms with Crippen LogP contribution in [0.4, 0.5) is 4.79 Å². The van der Waals surface area contributed by atoms with E-state index in [1.165, 1.54) is 6.42 Å². The molecule has 27 heavy (non-hydrogen) atoms. The Balaban J connectivity index is 2.11. The maximum Gasteiger partial charge on any atom is 0.412 e. The van der Waals surface area contributed by atoms with Gasteiger partial charge < -0.3 is 13.8 Å². The maximum atomic E-state index is 13.2. The van der Waals surface area contributed by atoms with Crippen molar-refractivity contribution in [3.05, 3.63) is 47.4 Å². The van der Waals surface area contributed by atoms with Crippen LogP contribution in [0.25, 0.3) is 0 Å². The topological polar surface area (TPSA) is 73.9 Å². The zero-order valence-corrected chi connectivity index (χ0v) is 17.1. The quantitative estimate of drug-likeness (QED) is 0.551. The third kappa shape index (κ3) is 7.13. The molecular weight excluding hydrogens is 365 g/mol. The molecule has 1 aromatic carbocycles. The van der Waals surface area contributed by atoms with Gasteiger partial charge in [0, 0.05) is 0 Å². The Hall–Kier alpha value is -1.62. The second-order valence-corrected chi connectivity index (χ2v) is 8.46. The number of hydrogen-bond acceptors (Lipinski definition) is 5. The van der Waals surface area contributed by atoms with Gasteiger partial charge in [0.25, 0.3) is 0 Å². The SMILES string of the molecule is CCOP(=O)(OCC)/C(=C/C1CCCCC1)NC(=O)OCc1ccccc1. The summed E-state index contributed by atoms with van der Waals surface area (Å²) in [5.41, 5.74) is 1.07. The third-order valence-electron chi connectivity index (χ3n) is 4.38. The lowest BCUT2D eigenvalue weighted by atomic mass is 9.89. The van der Waals surface area contributed by atoms with Gasteiger partial charge in [0.15, 0.2) is 0 Å². The minimum atomic E-state index is -3.60. The molecule has 1 N–H and O–H groups in total. The fraction of sp³-hybridized carbons (Fsp3) is 0.550. The lowest BCUT2D eigenvalue weighted by molar-refractivity contribution is 0.141. The van der Waals surface area contributed by atoms with E-state index in [4.69, 9.17) is 13.8 Å². The molecule has 1 aliphatic carbocycles. The van der Waals surface area contributed by atoms with Crippen LogP contribution in [0.3, 0.4) is 0 Å². The van der Waals surface area contributed by atoms with Gasteiger partial charge in [-0.15, -0.1) is 0 Å². The van der Waals surface area contributed by atoms with Crippen LogP contribution in [0.2, 0.25) is 0 Å². The molecule has 1 fully saturated rings. The minimum Gasteiger partial charge on any atom is -0.444 e. The Bertz CT molecular complexity index is 646. The Labute approximate surface area is 161 Å². The van der Waals surface area contributed by atoms with E-state index in [0.717, 1.165) is 31.2 Å². The zero-order valence-electron chi connectivity index (χ0n) is 16.2. The number of hydrogen-bond donors (Lipinski definition) is 1. The van der Waals surface area contributed by atoms with Crippen molar-refractivity contribution < 1.29 is 23.1 Å². The molecule has 0 saturated heterocycles. The Morgan fingerprint density at radius 2 is 1.74 bits per heavy atom. The van der Waals surface area contributed by atoms with Gasteiger partial charge in [-0.25, -0.2) is 4.79 Å². The lowest BCUT2D eigenvalue weighted by Gasteiger charge is -2.24. The molecule has 1 saturated carbocycles. The molecule has 0 unspecified atom stereocenters. The summed E-state index contributed by atoms with van der Waals surface area (Å²) in [6, 6.07) is 9.40. The Morgan fingerprint density at radius 1 is 1.11 bits per heavy atom. The van der Waals surface area contributed by atoms with Crippen LogP contribution in [0.1, 0.15) is 51.5 Å². The van der Waals surface area contributed by atoms with E-state index in [2.05, 4.69) is 5.32 Å². The molecule has 2 rings (SSSR count). The van der Waals surface area contributed by atoms with Crippen molar-refractivity contribution in [2.45, 2.75) is 52.6 Å². The number of rotatable bonds is 9. The van der Waals surface area contributed by atoms with Gasteiger partial charge in [-0.2, -0.15) is 0 Å². The second-order valence-electron chi connectivity index (χ2n) is 6.47. The average molecular weight is 395 g/mol. The first-order chi connectivity index (χ1) is 13.1. The predicted molar refractivity (Wildman–Crippen MR) is 105 cm³/mol. The number of carbonyl (C=O) groups excluding carboxylic acids is 1. The van der Waals surface area contributed by atoms with Crippen LogP contribution in [0.5, 0.6) is 0 Å². The number of ether oxygens (including phenoxy) is 1. The van der Waals surface area contributed by atoms with E-state index >= 15 is 0 Å². The van der Waals surface area contributed by atoms with Gasteiger partial charge in [0.1, 0.15) is 12.0 Å². The van der Waals surface area contributed by atoms with Crippen molar-refractivity contribution in [1.29, 1.82) is 0 Å². The van der Waals surface area contributed by atoms with Crippen LogP contribution in [0, 0.1) is 5.92 Å². The number of amides is 1. The van der Waals surface area contributed by atoms with Crippen molar-refractivity contribution in [3.63, 3.8) is 0 Å². The monoisotopic (exact) mass is 395 g/mol. The molecule has 1 aliphatic rings. The molecule has 1 aromatic rings. The highest BCUT2D eigenvalue weighted by Crippen LogP contribution is 2.55. The molecule has 0 bridgehead atoms. The number of benzene rings is 1. The van der Waals surface area contributed by atoms with Crippen LogP contribution in [-0.2, 0) is 25.0 Å². The van der Waals surface area contributed by atoms with Crippen molar-refractivity contribution in [2.24, 2.45) is 5.92 Å². The maximum absolute atomic E-state index is 13.2. The smallest absolute Gasteiger partial charge is 0.412 e. The fourth-order valence-corrected chi connectivity index (χ4v) is 4.76. The Morgan fingerprint density at radius 3 is 2.33 bits per heavy atom. The molecule has 150 valence electrons. The van der Waals surface area contributed by atoms with E-state index in [-0.39, 0.29) is 31.2 Å². The van der Waals surface area contributed by atoms with Crippen molar-refractivity contribution in [2.75, 3.05) is 13.2 Å². The molecule has 6 nitrogen and oxygen atoms in total. The highest BCUT2D eigenvalue weighted by Gasteiger charge is 2.32. The first kappa shape index (κ1) is 21.7. The van der Waals surface area contributed by atoms with E-state index < -0.39 is 13.7 Å². The third-order valence-corrected chi connectivity index (χ3v) is 6.43. The summed E-state index contributed by atoms with van der Waals surface area (Å²) in [5.74, 6) is 0.248. The van der Waals surface area contributed by atoms with Crippen LogP contribution in [0.15, 0.2) is 41.8 Å². The molecule has 0 aliphatic heterocycles. The first-order valence-electron chi connectivity index (χ1n) is 9.66. The molecular formula is C20H30NO5P. The molecule has 0 atom stereocenters. The summed E-state index contributed by atoms with van der Waals surface area (Å²) in [5, 5.41) is 2.63. The summed E-state index contributed by atoms with van der Waals surface area (Å²) < 4.78 is 29.4. The zero-order chi connectivity index (χ0) is 19.5. The van der Waals surface area contributed by atoms with Gasteiger partial charge in [-0.1, -0.05) is 49.6 Å². The fourth-order valence-electron chi connectivity index (χ4n) is 3.11. The number of carbonyl (C=O) groups is 1. The van der Waals surface area contributed by atoms with E-state index in [0.29, 0.717) is 0 Å². The van der Waals surface area contributed by atoms with Crippen molar-refractivity contribution >= 4 is 13.7 Å². The summed E-state index contributed by atoms with van der Waals surface area (Å²) in [7, 11) is -3.60. The van der Waals surface area contributed by atoms with Crippen molar-refractivity contribution in [1.82, 2.24) is 5.32 Å². The van der Waals surface area contributed by atoms with Gasteiger partial charge in [0.05, 0.1) is 13.2 Å². The predicted octanol–water partition coefficient (Wildman–Crippen LogP) is 5.60. The Kier molecular flexibility index (Phi) is 9.05. The molecule has 0 heterocycles. The summed E-state index contributed by atoms with van der Waals surface area (Å²) in [6.45, 7) is 4.08. The average Bonchev–Trinajstić information content (AvgIpc) is 2.68. The molecule has 0 radical (unpaired) electrons.